The average Bonchev–Trinajstić information content (AvgIpc) is 2.56. The largest absolute Gasteiger partial charge is 0.481 e. The van der Waals surface area contributed by atoms with E-state index < -0.39 is 5.97 Å². The third kappa shape index (κ3) is 5.21. The number of hydrogen-bond donors (Lipinski definition) is 1. The van der Waals surface area contributed by atoms with E-state index in [4.69, 9.17) is 5.11 Å². The second kappa shape index (κ2) is 8.08. The van der Waals surface area contributed by atoms with Gasteiger partial charge in [-0.1, -0.05) is 17.7 Å². The van der Waals surface area contributed by atoms with Crippen molar-refractivity contribution in [1.29, 1.82) is 0 Å². The van der Waals surface area contributed by atoms with Gasteiger partial charge in [0.05, 0.1) is 17.8 Å². The highest BCUT2D eigenvalue weighted by atomic mass is 16.4. The zero-order chi connectivity index (χ0) is 16.7. The Morgan fingerprint density at radius 1 is 1.00 bits per heavy atom. The minimum absolute atomic E-state index is 0.128. The summed E-state index contributed by atoms with van der Waals surface area (Å²) < 4.78 is 0. The molecule has 0 atom stereocenters. The highest BCUT2D eigenvalue weighted by Crippen LogP contribution is 2.22. The minimum atomic E-state index is -0.785. The van der Waals surface area contributed by atoms with E-state index in [-0.39, 0.29) is 6.42 Å². The van der Waals surface area contributed by atoms with Crippen molar-refractivity contribution in [2.24, 2.45) is 10.2 Å². The number of azo groups is 1. The predicted molar refractivity (Wildman–Crippen MR) is 91.9 cm³/mol. The standard InChI is InChI=1S/C18H21N3O2/c1-3-21(13-12-18(22)23)17-10-8-16(9-11-17)20-19-15-6-4-14(2)5-7-15/h4-11H,3,12-13H2,1-2H3,(H,22,23). The van der Waals surface area contributed by atoms with Gasteiger partial charge in [0, 0.05) is 18.8 Å². The highest BCUT2D eigenvalue weighted by molar-refractivity contribution is 5.67. The van der Waals surface area contributed by atoms with Crippen molar-refractivity contribution in [3.8, 4) is 0 Å². The second-order valence-electron chi connectivity index (χ2n) is 5.28. The van der Waals surface area contributed by atoms with Gasteiger partial charge in [-0.05, 0) is 50.2 Å². The molecular formula is C18H21N3O2. The predicted octanol–water partition coefficient (Wildman–Crippen LogP) is 4.71. The van der Waals surface area contributed by atoms with Crippen LogP contribution in [0.4, 0.5) is 17.1 Å². The highest BCUT2D eigenvalue weighted by Gasteiger charge is 2.06. The molecule has 0 bridgehead atoms. The Kier molecular flexibility index (Phi) is 5.86. The topological polar surface area (TPSA) is 65.3 Å². The number of hydrogen-bond acceptors (Lipinski definition) is 4. The summed E-state index contributed by atoms with van der Waals surface area (Å²) in [6.45, 7) is 5.30. The van der Waals surface area contributed by atoms with Gasteiger partial charge in [-0.2, -0.15) is 10.2 Å². The molecule has 23 heavy (non-hydrogen) atoms. The summed E-state index contributed by atoms with van der Waals surface area (Å²) >= 11 is 0. The maximum Gasteiger partial charge on any atom is 0.305 e. The number of carboxylic acids is 1. The third-order valence-electron chi connectivity index (χ3n) is 3.51. The van der Waals surface area contributed by atoms with Crippen LogP contribution in [0.15, 0.2) is 58.8 Å². The van der Waals surface area contributed by atoms with E-state index in [1.807, 2.05) is 67.3 Å². The zero-order valence-electron chi connectivity index (χ0n) is 13.4. The normalized spacial score (nSPS) is 10.9. The maximum atomic E-state index is 10.7. The smallest absolute Gasteiger partial charge is 0.305 e. The fourth-order valence-electron chi connectivity index (χ4n) is 2.16. The van der Waals surface area contributed by atoms with Crippen molar-refractivity contribution in [2.45, 2.75) is 20.3 Å². The van der Waals surface area contributed by atoms with Gasteiger partial charge in [0.1, 0.15) is 0 Å². The van der Waals surface area contributed by atoms with Gasteiger partial charge < -0.3 is 10.0 Å². The van der Waals surface area contributed by atoms with E-state index in [0.717, 1.165) is 23.6 Å². The number of benzene rings is 2. The fourth-order valence-corrected chi connectivity index (χ4v) is 2.16. The van der Waals surface area contributed by atoms with Crippen molar-refractivity contribution in [2.75, 3.05) is 18.0 Å². The van der Waals surface area contributed by atoms with Crippen LogP contribution in [-0.4, -0.2) is 24.2 Å². The molecule has 0 saturated heterocycles. The number of aliphatic carboxylic acids is 1. The summed E-state index contributed by atoms with van der Waals surface area (Å²) in [4.78, 5) is 12.7. The van der Waals surface area contributed by atoms with E-state index in [2.05, 4.69) is 10.2 Å². The Bertz CT molecular complexity index is 664. The number of carbonyl (C=O) groups is 1. The van der Waals surface area contributed by atoms with Crippen molar-refractivity contribution in [1.82, 2.24) is 0 Å². The Hall–Kier alpha value is -2.69. The lowest BCUT2D eigenvalue weighted by Crippen LogP contribution is -2.25. The number of rotatable bonds is 7. The van der Waals surface area contributed by atoms with E-state index in [0.29, 0.717) is 6.54 Å². The lowest BCUT2D eigenvalue weighted by molar-refractivity contribution is -0.136. The fraction of sp³-hybridized carbons (Fsp3) is 0.278. The lowest BCUT2D eigenvalue weighted by atomic mass is 10.2. The van der Waals surface area contributed by atoms with Gasteiger partial charge in [0.15, 0.2) is 0 Å². The van der Waals surface area contributed by atoms with Crippen LogP contribution in [-0.2, 0) is 4.79 Å². The number of aryl methyl sites for hydroxylation is 1. The Balaban J connectivity index is 2.03. The molecule has 0 amide bonds. The molecule has 0 heterocycles. The molecule has 0 aliphatic rings. The van der Waals surface area contributed by atoms with Crippen LogP contribution in [0.5, 0.6) is 0 Å². The van der Waals surface area contributed by atoms with Gasteiger partial charge in [0.25, 0.3) is 0 Å². The van der Waals surface area contributed by atoms with Crippen LogP contribution >= 0.6 is 0 Å². The van der Waals surface area contributed by atoms with Crippen LogP contribution in [0.2, 0.25) is 0 Å². The minimum Gasteiger partial charge on any atom is -0.481 e. The first-order valence-corrected chi connectivity index (χ1v) is 7.63. The van der Waals surface area contributed by atoms with Crippen LogP contribution in [0.25, 0.3) is 0 Å². The van der Waals surface area contributed by atoms with E-state index >= 15 is 0 Å². The average molecular weight is 311 g/mol. The zero-order valence-corrected chi connectivity index (χ0v) is 13.4. The first kappa shape index (κ1) is 16.7. The molecule has 120 valence electrons. The third-order valence-corrected chi connectivity index (χ3v) is 3.51. The first-order chi connectivity index (χ1) is 11.1. The summed E-state index contributed by atoms with van der Waals surface area (Å²) in [6.07, 6.45) is 0.128. The van der Waals surface area contributed by atoms with Crippen LogP contribution < -0.4 is 4.90 Å². The monoisotopic (exact) mass is 311 g/mol. The first-order valence-electron chi connectivity index (χ1n) is 7.63. The molecule has 0 saturated carbocycles. The van der Waals surface area contributed by atoms with Crippen molar-refractivity contribution < 1.29 is 9.90 Å². The molecule has 0 aliphatic carbocycles. The van der Waals surface area contributed by atoms with Crippen LogP contribution in [0.3, 0.4) is 0 Å². The summed E-state index contributed by atoms with van der Waals surface area (Å²) in [5, 5.41) is 17.2. The van der Waals surface area contributed by atoms with Crippen molar-refractivity contribution in [3.63, 3.8) is 0 Å². The number of nitrogens with zero attached hydrogens (tertiary/aromatic N) is 3. The van der Waals surface area contributed by atoms with Crippen molar-refractivity contribution in [3.05, 3.63) is 54.1 Å². The molecule has 0 aromatic heterocycles. The molecule has 0 aliphatic heterocycles. The van der Waals surface area contributed by atoms with Gasteiger partial charge in [-0.25, -0.2) is 0 Å². The Morgan fingerprint density at radius 3 is 2.00 bits per heavy atom. The maximum absolute atomic E-state index is 10.7. The molecule has 5 nitrogen and oxygen atoms in total. The Labute approximate surface area is 136 Å². The number of carboxylic acid groups (broad SMARTS) is 1. The summed E-state index contributed by atoms with van der Waals surface area (Å²) in [6, 6.07) is 15.5. The van der Waals surface area contributed by atoms with Crippen molar-refractivity contribution >= 4 is 23.0 Å². The number of anilines is 1. The molecule has 0 unspecified atom stereocenters. The van der Waals surface area contributed by atoms with Gasteiger partial charge >= 0.3 is 5.97 Å². The Morgan fingerprint density at radius 2 is 1.52 bits per heavy atom. The van der Waals surface area contributed by atoms with Gasteiger partial charge in [0.2, 0.25) is 0 Å². The summed E-state index contributed by atoms with van der Waals surface area (Å²) in [5.41, 5.74) is 3.76. The molecular weight excluding hydrogens is 290 g/mol. The molecule has 5 heteroatoms. The molecule has 2 aromatic carbocycles. The quantitative estimate of drug-likeness (QED) is 0.753. The molecule has 1 N–H and O–H groups in total. The van der Waals surface area contributed by atoms with Crippen LogP contribution in [0, 0.1) is 6.92 Å². The molecule has 2 aromatic rings. The molecule has 0 spiro atoms. The lowest BCUT2D eigenvalue weighted by Gasteiger charge is -2.22. The van der Waals surface area contributed by atoms with E-state index in [9.17, 15) is 4.79 Å². The molecule has 2 rings (SSSR count). The molecule has 0 fully saturated rings. The summed E-state index contributed by atoms with van der Waals surface area (Å²) in [7, 11) is 0. The SMILES string of the molecule is CCN(CCC(=O)O)c1ccc(N=Nc2ccc(C)cc2)cc1. The summed E-state index contributed by atoms with van der Waals surface area (Å²) in [5.74, 6) is -0.785. The van der Waals surface area contributed by atoms with E-state index in [1.165, 1.54) is 5.56 Å². The molecule has 0 radical (unpaired) electrons. The van der Waals surface area contributed by atoms with Gasteiger partial charge in [-0.3, -0.25) is 4.79 Å². The van der Waals surface area contributed by atoms with E-state index in [1.54, 1.807) is 0 Å². The van der Waals surface area contributed by atoms with Gasteiger partial charge in [-0.15, -0.1) is 0 Å². The van der Waals surface area contributed by atoms with Crippen LogP contribution in [0.1, 0.15) is 18.9 Å². The second-order valence-corrected chi connectivity index (χ2v) is 5.28.